The number of aromatic nitrogens is 2. The number of hydrogen-bond acceptors (Lipinski definition) is 3. The molecule has 4 rings (SSSR count). The van der Waals surface area contributed by atoms with E-state index in [-0.39, 0.29) is 16.1 Å². The Labute approximate surface area is 213 Å². The normalized spacial score (nSPS) is 14.5. The number of hydrogen-bond donors (Lipinski definition) is 2. The highest BCUT2D eigenvalue weighted by Crippen LogP contribution is 2.50. The minimum atomic E-state index is -5.12. The van der Waals surface area contributed by atoms with Crippen molar-refractivity contribution in [3.05, 3.63) is 92.6 Å². The summed E-state index contributed by atoms with van der Waals surface area (Å²) in [5.41, 5.74) is -3.60. The maximum absolute atomic E-state index is 14.5. The SMILES string of the molecule is CC(c1ccc(-c2ccc(F)c(C(=O)O)c2)cc1Cl)C(O)(c1ccc2c(c1)n(C)c(=O)n2C)C(F)(F)F. The largest absolute Gasteiger partial charge is 0.478 e. The number of aliphatic hydroxyl groups is 1. The fourth-order valence-corrected chi connectivity index (χ4v) is 4.90. The topological polar surface area (TPSA) is 84.5 Å². The Morgan fingerprint density at radius 1 is 0.946 bits per heavy atom. The first-order valence-corrected chi connectivity index (χ1v) is 11.3. The van der Waals surface area contributed by atoms with Gasteiger partial charge < -0.3 is 10.2 Å². The lowest BCUT2D eigenvalue weighted by Gasteiger charge is -2.37. The average Bonchev–Trinajstić information content (AvgIpc) is 3.05. The molecule has 11 heteroatoms. The van der Waals surface area contributed by atoms with Gasteiger partial charge in [-0.05, 0) is 52.6 Å². The van der Waals surface area contributed by atoms with Crippen LogP contribution < -0.4 is 5.69 Å². The molecule has 6 nitrogen and oxygen atoms in total. The lowest BCUT2D eigenvalue weighted by atomic mass is 9.77. The van der Waals surface area contributed by atoms with Crippen molar-refractivity contribution in [3.8, 4) is 11.1 Å². The Morgan fingerprint density at radius 2 is 1.54 bits per heavy atom. The third kappa shape index (κ3) is 4.19. The summed E-state index contributed by atoms with van der Waals surface area (Å²) < 4.78 is 59.7. The summed E-state index contributed by atoms with van der Waals surface area (Å²) in [7, 11) is 2.91. The second-order valence-electron chi connectivity index (χ2n) is 8.83. The number of fused-ring (bicyclic) bond motifs is 1. The molecule has 0 radical (unpaired) electrons. The van der Waals surface area contributed by atoms with Gasteiger partial charge in [0.1, 0.15) is 5.82 Å². The molecule has 0 aliphatic carbocycles. The summed E-state index contributed by atoms with van der Waals surface area (Å²) in [6.07, 6.45) is -5.12. The Bertz CT molecular complexity index is 1610. The van der Waals surface area contributed by atoms with E-state index in [1.165, 1.54) is 60.5 Å². The predicted molar refractivity (Wildman–Crippen MR) is 130 cm³/mol. The molecule has 4 aromatic rings. The molecule has 2 atom stereocenters. The second-order valence-corrected chi connectivity index (χ2v) is 9.23. The maximum Gasteiger partial charge on any atom is 0.422 e. The quantitative estimate of drug-likeness (QED) is 0.326. The number of carbonyl (C=O) groups is 1. The van der Waals surface area contributed by atoms with Crippen LogP contribution in [-0.4, -0.2) is 31.5 Å². The van der Waals surface area contributed by atoms with Gasteiger partial charge in [0.15, 0.2) is 5.60 Å². The van der Waals surface area contributed by atoms with E-state index < -0.39 is 46.3 Å². The smallest absolute Gasteiger partial charge is 0.422 e. The molecule has 0 saturated heterocycles. The van der Waals surface area contributed by atoms with E-state index in [1.807, 2.05) is 0 Å². The number of aromatic carboxylic acids is 1. The third-order valence-corrected chi connectivity index (χ3v) is 7.10. The lowest BCUT2D eigenvalue weighted by molar-refractivity contribution is -0.274. The molecular formula is C26H21ClF4N2O4. The Kier molecular flexibility index (Phi) is 6.46. The zero-order valence-corrected chi connectivity index (χ0v) is 20.5. The average molecular weight is 537 g/mol. The zero-order chi connectivity index (χ0) is 27.4. The Hall–Kier alpha value is -3.63. The summed E-state index contributed by atoms with van der Waals surface area (Å²) in [6.45, 7) is 1.18. The van der Waals surface area contributed by atoms with Gasteiger partial charge in [0.25, 0.3) is 0 Å². The molecule has 0 bridgehead atoms. The van der Waals surface area contributed by atoms with Crippen LogP contribution in [0.5, 0.6) is 0 Å². The lowest BCUT2D eigenvalue weighted by Crippen LogP contribution is -2.46. The van der Waals surface area contributed by atoms with Crippen LogP contribution in [0, 0.1) is 5.82 Å². The van der Waals surface area contributed by atoms with Crippen molar-refractivity contribution in [1.82, 2.24) is 9.13 Å². The molecule has 0 aliphatic rings. The number of carboxylic acid groups (broad SMARTS) is 1. The Balaban J connectivity index is 1.82. The van der Waals surface area contributed by atoms with Gasteiger partial charge in [0.05, 0.1) is 16.6 Å². The highest BCUT2D eigenvalue weighted by Gasteiger charge is 2.59. The number of alkyl halides is 3. The molecule has 0 saturated carbocycles. The first-order chi connectivity index (χ1) is 17.2. The minimum Gasteiger partial charge on any atom is -0.478 e. The van der Waals surface area contributed by atoms with Crippen molar-refractivity contribution in [2.75, 3.05) is 0 Å². The van der Waals surface area contributed by atoms with Crippen molar-refractivity contribution in [2.24, 2.45) is 14.1 Å². The molecule has 2 unspecified atom stereocenters. The van der Waals surface area contributed by atoms with E-state index in [2.05, 4.69) is 0 Å². The maximum atomic E-state index is 14.5. The summed E-state index contributed by atoms with van der Waals surface area (Å²) in [5.74, 6) is -4.00. The van der Waals surface area contributed by atoms with Crippen LogP contribution in [0.25, 0.3) is 22.2 Å². The zero-order valence-electron chi connectivity index (χ0n) is 19.8. The fourth-order valence-electron chi connectivity index (χ4n) is 4.55. The second kappa shape index (κ2) is 9.04. The van der Waals surface area contributed by atoms with Crippen LogP contribution in [0.4, 0.5) is 17.6 Å². The Morgan fingerprint density at radius 3 is 2.14 bits per heavy atom. The molecule has 1 aromatic heterocycles. The van der Waals surface area contributed by atoms with Gasteiger partial charge in [-0.1, -0.05) is 42.8 Å². The summed E-state index contributed by atoms with van der Waals surface area (Å²) in [5, 5.41) is 20.3. The summed E-state index contributed by atoms with van der Waals surface area (Å²) >= 11 is 6.38. The molecule has 37 heavy (non-hydrogen) atoms. The molecule has 1 heterocycles. The van der Waals surface area contributed by atoms with Crippen LogP contribution in [0.2, 0.25) is 5.02 Å². The highest BCUT2D eigenvalue weighted by molar-refractivity contribution is 6.31. The molecule has 2 N–H and O–H groups in total. The van der Waals surface area contributed by atoms with Crippen LogP contribution in [0.3, 0.4) is 0 Å². The standard InChI is InChI=1S/C26H21ClF4N2O4/c1-13(17-7-4-15(11-19(17)27)14-5-8-20(28)18(10-14)23(34)35)25(37,26(29,30)31)16-6-9-21-22(12-16)33(3)24(36)32(21)2/h4-13,37H,1-3H3,(H,34,35). The number of benzene rings is 3. The van der Waals surface area contributed by atoms with Gasteiger partial charge in [-0.2, -0.15) is 13.2 Å². The molecule has 0 aliphatic heterocycles. The minimum absolute atomic E-state index is 0.0205. The van der Waals surface area contributed by atoms with Gasteiger partial charge >= 0.3 is 17.8 Å². The van der Waals surface area contributed by atoms with Gasteiger partial charge in [0, 0.05) is 25.0 Å². The van der Waals surface area contributed by atoms with Crippen molar-refractivity contribution in [2.45, 2.75) is 24.6 Å². The summed E-state index contributed by atoms with van der Waals surface area (Å²) in [6, 6.07) is 11.0. The van der Waals surface area contributed by atoms with E-state index >= 15 is 0 Å². The highest BCUT2D eigenvalue weighted by atomic mass is 35.5. The van der Waals surface area contributed by atoms with E-state index in [1.54, 1.807) is 0 Å². The van der Waals surface area contributed by atoms with E-state index in [4.69, 9.17) is 16.7 Å². The van der Waals surface area contributed by atoms with Gasteiger partial charge in [-0.3, -0.25) is 9.13 Å². The fraction of sp³-hybridized carbons (Fsp3) is 0.231. The van der Waals surface area contributed by atoms with Crippen LogP contribution in [0.15, 0.2) is 59.4 Å². The van der Waals surface area contributed by atoms with Crippen molar-refractivity contribution in [1.29, 1.82) is 0 Å². The van der Waals surface area contributed by atoms with Crippen molar-refractivity contribution in [3.63, 3.8) is 0 Å². The number of carboxylic acids is 1. The van der Waals surface area contributed by atoms with Gasteiger partial charge in [-0.25, -0.2) is 14.0 Å². The van der Waals surface area contributed by atoms with E-state index in [0.29, 0.717) is 16.6 Å². The number of nitrogens with zero attached hydrogens (tertiary/aromatic N) is 2. The van der Waals surface area contributed by atoms with Crippen LogP contribution in [0.1, 0.15) is 34.3 Å². The van der Waals surface area contributed by atoms with Crippen LogP contribution >= 0.6 is 11.6 Å². The number of aryl methyl sites for hydroxylation is 2. The predicted octanol–water partition coefficient (Wildman–Crippen LogP) is 5.59. The number of rotatable bonds is 5. The van der Waals surface area contributed by atoms with E-state index in [9.17, 15) is 32.3 Å². The van der Waals surface area contributed by atoms with Crippen molar-refractivity contribution >= 4 is 28.6 Å². The first kappa shape index (κ1) is 26.4. The first-order valence-electron chi connectivity index (χ1n) is 11.0. The molecule has 0 spiro atoms. The number of imidazole rings is 1. The molecule has 0 fully saturated rings. The molecule has 3 aromatic carbocycles. The van der Waals surface area contributed by atoms with Crippen molar-refractivity contribution < 1.29 is 32.6 Å². The monoisotopic (exact) mass is 536 g/mol. The molecule has 0 amide bonds. The number of halogens is 5. The molecule has 194 valence electrons. The third-order valence-electron chi connectivity index (χ3n) is 6.77. The summed E-state index contributed by atoms with van der Waals surface area (Å²) in [4.78, 5) is 23.5. The van der Waals surface area contributed by atoms with Gasteiger partial charge in [0.2, 0.25) is 0 Å². The van der Waals surface area contributed by atoms with Gasteiger partial charge in [-0.15, -0.1) is 0 Å². The molecular weight excluding hydrogens is 516 g/mol. The van der Waals surface area contributed by atoms with Crippen LogP contribution in [-0.2, 0) is 19.7 Å². The van der Waals surface area contributed by atoms with E-state index in [0.717, 1.165) is 24.3 Å².